The van der Waals surface area contributed by atoms with E-state index in [4.69, 9.17) is 11.6 Å². The van der Waals surface area contributed by atoms with Crippen molar-refractivity contribution >= 4 is 23.0 Å². The fraction of sp³-hybridized carbons (Fsp3) is 0.150. The molecule has 0 amide bonds. The molecule has 0 spiro atoms. The number of nitrogens with one attached hydrogen (secondary N) is 1. The Kier molecular flexibility index (Phi) is 6.01. The molecule has 0 saturated carbocycles. The van der Waals surface area contributed by atoms with Gasteiger partial charge in [0.05, 0.1) is 17.1 Å². The Morgan fingerprint density at radius 3 is 2.37 bits per heavy atom. The highest BCUT2D eigenvalue weighted by Crippen LogP contribution is 2.30. The molecule has 27 heavy (non-hydrogen) atoms. The number of benzene rings is 2. The lowest BCUT2D eigenvalue weighted by molar-refractivity contribution is -0.384. The van der Waals surface area contributed by atoms with Crippen molar-refractivity contribution in [3.8, 4) is 0 Å². The number of aliphatic hydroxyl groups is 1. The SMILES string of the molecule is O=[N+]([O-])c1ccc(N[C@H](C[C@@H](O)c2ccc(Cl)cc2)c2cccnc2)cc1. The van der Waals surface area contributed by atoms with E-state index < -0.39 is 11.0 Å². The van der Waals surface area contributed by atoms with Gasteiger partial charge in [0.1, 0.15) is 0 Å². The second-order valence-corrected chi connectivity index (χ2v) is 6.53. The second-order valence-electron chi connectivity index (χ2n) is 6.09. The molecule has 6 nitrogen and oxygen atoms in total. The van der Waals surface area contributed by atoms with Crippen molar-refractivity contribution in [3.05, 3.63) is 99.3 Å². The van der Waals surface area contributed by atoms with Crippen LogP contribution in [0.15, 0.2) is 73.1 Å². The van der Waals surface area contributed by atoms with Crippen LogP contribution in [0.5, 0.6) is 0 Å². The van der Waals surface area contributed by atoms with Crippen LogP contribution in [-0.2, 0) is 0 Å². The number of nitro benzene ring substituents is 1. The Hall–Kier alpha value is -2.96. The first kappa shape index (κ1) is 18.8. The lowest BCUT2D eigenvalue weighted by atomic mass is 9.97. The first-order chi connectivity index (χ1) is 13.0. The van der Waals surface area contributed by atoms with E-state index >= 15 is 0 Å². The molecule has 1 heterocycles. The van der Waals surface area contributed by atoms with Crippen molar-refractivity contribution < 1.29 is 10.0 Å². The molecular weight excluding hydrogens is 366 g/mol. The number of pyridine rings is 1. The van der Waals surface area contributed by atoms with Gasteiger partial charge < -0.3 is 10.4 Å². The minimum atomic E-state index is -0.710. The van der Waals surface area contributed by atoms with Gasteiger partial charge in [-0.3, -0.25) is 15.1 Å². The molecule has 0 radical (unpaired) electrons. The van der Waals surface area contributed by atoms with Crippen molar-refractivity contribution in [1.82, 2.24) is 4.98 Å². The molecule has 0 fully saturated rings. The summed E-state index contributed by atoms with van der Waals surface area (Å²) in [6.45, 7) is 0. The minimum absolute atomic E-state index is 0.0275. The summed E-state index contributed by atoms with van der Waals surface area (Å²) in [6, 6.07) is 16.8. The normalized spacial score (nSPS) is 13.0. The van der Waals surface area contributed by atoms with Crippen LogP contribution < -0.4 is 5.32 Å². The van der Waals surface area contributed by atoms with Crippen LogP contribution >= 0.6 is 11.6 Å². The molecule has 0 bridgehead atoms. The van der Waals surface area contributed by atoms with Gasteiger partial charge in [0, 0.05) is 41.7 Å². The largest absolute Gasteiger partial charge is 0.388 e. The predicted molar refractivity (Wildman–Crippen MR) is 105 cm³/mol. The van der Waals surface area contributed by atoms with Gasteiger partial charge in [-0.1, -0.05) is 29.8 Å². The smallest absolute Gasteiger partial charge is 0.269 e. The lowest BCUT2D eigenvalue weighted by Gasteiger charge is -2.23. The van der Waals surface area contributed by atoms with Crippen molar-refractivity contribution in [3.63, 3.8) is 0 Å². The minimum Gasteiger partial charge on any atom is -0.388 e. The van der Waals surface area contributed by atoms with Gasteiger partial charge in [0.25, 0.3) is 5.69 Å². The highest BCUT2D eigenvalue weighted by molar-refractivity contribution is 6.30. The van der Waals surface area contributed by atoms with Crippen LogP contribution in [0.4, 0.5) is 11.4 Å². The summed E-state index contributed by atoms with van der Waals surface area (Å²) in [5.41, 5.74) is 2.42. The first-order valence-corrected chi connectivity index (χ1v) is 8.75. The summed E-state index contributed by atoms with van der Waals surface area (Å²) >= 11 is 5.91. The summed E-state index contributed by atoms with van der Waals surface area (Å²) in [5, 5.41) is 25.4. The summed E-state index contributed by atoms with van der Waals surface area (Å²) in [5.74, 6) is 0. The summed E-state index contributed by atoms with van der Waals surface area (Å²) in [6.07, 6.45) is 3.10. The van der Waals surface area contributed by atoms with E-state index in [0.29, 0.717) is 11.4 Å². The number of nitrogens with zero attached hydrogens (tertiary/aromatic N) is 2. The number of rotatable bonds is 7. The summed E-state index contributed by atoms with van der Waals surface area (Å²) < 4.78 is 0. The number of aliphatic hydroxyl groups excluding tert-OH is 1. The third-order valence-corrected chi connectivity index (χ3v) is 4.47. The number of hydrogen-bond donors (Lipinski definition) is 2. The second kappa shape index (κ2) is 8.62. The Labute approximate surface area is 161 Å². The van der Waals surface area contributed by atoms with Crippen molar-refractivity contribution in [2.45, 2.75) is 18.6 Å². The van der Waals surface area contributed by atoms with E-state index in [-0.39, 0.29) is 11.7 Å². The third-order valence-electron chi connectivity index (χ3n) is 4.22. The molecule has 2 aromatic carbocycles. The fourth-order valence-corrected chi connectivity index (χ4v) is 2.91. The highest BCUT2D eigenvalue weighted by atomic mass is 35.5. The van der Waals surface area contributed by atoms with Gasteiger partial charge >= 0.3 is 0 Å². The highest BCUT2D eigenvalue weighted by Gasteiger charge is 2.18. The van der Waals surface area contributed by atoms with E-state index in [1.165, 1.54) is 12.1 Å². The molecule has 0 unspecified atom stereocenters. The van der Waals surface area contributed by atoms with Crippen molar-refractivity contribution in [2.75, 3.05) is 5.32 Å². The molecule has 3 rings (SSSR count). The molecule has 0 aliphatic rings. The Morgan fingerprint density at radius 2 is 1.78 bits per heavy atom. The average molecular weight is 384 g/mol. The van der Waals surface area contributed by atoms with Crippen LogP contribution in [0.3, 0.4) is 0 Å². The topological polar surface area (TPSA) is 88.3 Å². The van der Waals surface area contributed by atoms with E-state index in [1.807, 2.05) is 12.1 Å². The number of anilines is 1. The molecule has 7 heteroatoms. The van der Waals surface area contributed by atoms with Gasteiger partial charge in [-0.05, 0) is 41.5 Å². The summed E-state index contributed by atoms with van der Waals surface area (Å²) in [4.78, 5) is 14.5. The first-order valence-electron chi connectivity index (χ1n) is 8.37. The lowest BCUT2D eigenvalue weighted by Crippen LogP contribution is -2.15. The van der Waals surface area contributed by atoms with Gasteiger partial charge in [-0.15, -0.1) is 0 Å². The average Bonchev–Trinajstić information content (AvgIpc) is 2.69. The maximum Gasteiger partial charge on any atom is 0.269 e. The van der Waals surface area contributed by atoms with Gasteiger partial charge in [-0.25, -0.2) is 0 Å². The maximum atomic E-state index is 10.8. The summed E-state index contributed by atoms with van der Waals surface area (Å²) in [7, 11) is 0. The molecule has 0 aliphatic carbocycles. The number of hydrogen-bond acceptors (Lipinski definition) is 5. The van der Waals surface area contributed by atoms with Crippen molar-refractivity contribution in [1.29, 1.82) is 0 Å². The Bertz CT molecular complexity index is 887. The Morgan fingerprint density at radius 1 is 1.07 bits per heavy atom. The van der Waals surface area contributed by atoms with E-state index in [2.05, 4.69) is 10.3 Å². The molecule has 0 saturated heterocycles. The molecule has 0 aliphatic heterocycles. The molecular formula is C20H18ClN3O3. The van der Waals surface area contributed by atoms with Gasteiger partial charge in [0.2, 0.25) is 0 Å². The number of aromatic nitrogens is 1. The van der Waals surface area contributed by atoms with Gasteiger partial charge in [-0.2, -0.15) is 0 Å². The molecule has 2 atom stereocenters. The number of non-ortho nitro benzene ring substituents is 1. The van der Waals surface area contributed by atoms with Crippen LogP contribution in [0, 0.1) is 10.1 Å². The standard InChI is InChI=1S/C20H18ClN3O3/c21-16-5-3-14(4-6-16)20(25)12-19(15-2-1-11-22-13-15)23-17-7-9-18(10-8-17)24(26)27/h1-11,13,19-20,23,25H,12H2/t19-,20-/m1/s1. The monoisotopic (exact) mass is 383 g/mol. The third kappa shape index (κ3) is 5.03. The van der Waals surface area contributed by atoms with Crippen LogP contribution in [0.2, 0.25) is 5.02 Å². The zero-order chi connectivity index (χ0) is 19.2. The van der Waals surface area contributed by atoms with Crippen molar-refractivity contribution in [2.24, 2.45) is 0 Å². The maximum absolute atomic E-state index is 10.8. The zero-order valence-corrected chi connectivity index (χ0v) is 15.1. The number of halogens is 1. The predicted octanol–water partition coefficient (Wildman–Crippen LogP) is 4.92. The zero-order valence-electron chi connectivity index (χ0n) is 14.3. The molecule has 3 aromatic rings. The van der Waals surface area contributed by atoms with Gasteiger partial charge in [0.15, 0.2) is 0 Å². The van der Waals surface area contributed by atoms with Crippen LogP contribution in [0.25, 0.3) is 0 Å². The van der Waals surface area contributed by atoms with E-state index in [0.717, 1.165) is 16.8 Å². The molecule has 138 valence electrons. The molecule has 2 N–H and O–H groups in total. The molecule has 1 aromatic heterocycles. The van der Waals surface area contributed by atoms with E-state index in [1.54, 1.807) is 48.8 Å². The fourth-order valence-electron chi connectivity index (χ4n) is 2.79. The quantitative estimate of drug-likeness (QED) is 0.446. The van der Waals surface area contributed by atoms with Crippen LogP contribution in [-0.4, -0.2) is 15.0 Å². The Balaban J connectivity index is 1.80. The van der Waals surface area contributed by atoms with Crippen LogP contribution in [0.1, 0.15) is 29.7 Å². The number of nitro groups is 1. The van der Waals surface area contributed by atoms with E-state index in [9.17, 15) is 15.2 Å².